The number of hydrogen-bond acceptors (Lipinski definition) is 4. The summed E-state index contributed by atoms with van der Waals surface area (Å²) >= 11 is 0. The van der Waals surface area contributed by atoms with E-state index in [1.54, 1.807) is 16.5 Å². The minimum absolute atomic E-state index is 0.0419. The molecule has 0 saturated carbocycles. The predicted molar refractivity (Wildman–Crippen MR) is 124 cm³/mol. The fourth-order valence-corrected chi connectivity index (χ4v) is 4.04. The molecule has 1 aromatic heterocycles. The SMILES string of the molecule is Cc1cc(-c2cc(C)c(=O)n(C)c2)c(C)cc1CN1CCN(C(=O)OC(C)(C)C)CC1. The summed E-state index contributed by atoms with van der Waals surface area (Å²) in [6.07, 6.45) is 1.68. The number of amides is 1. The highest BCUT2D eigenvalue weighted by molar-refractivity contribution is 5.69. The maximum Gasteiger partial charge on any atom is 0.410 e. The van der Waals surface area contributed by atoms with Crippen LogP contribution in [0, 0.1) is 20.8 Å². The van der Waals surface area contributed by atoms with E-state index in [1.807, 2.05) is 40.0 Å². The molecule has 0 spiro atoms. The van der Waals surface area contributed by atoms with Crippen LogP contribution in [-0.4, -0.2) is 52.2 Å². The number of hydrogen-bond donors (Lipinski definition) is 0. The first-order valence-electron chi connectivity index (χ1n) is 10.9. The Hall–Kier alpha value is -2.60. The molecule has 2 heterocycles. The van der Waals surface area contributed by atoms with Crippen molar-refractivity contribution in [1.82, 2.24) is 14.4 Å². The van der Waals surface area contributed by atoms with Gasteiger partial charge in [0.25, 0.3) is 5.56 Å². The molecule has 1 saturated heterocycles. The summed E-state index contributed by atoms with van der Waals surface area (Å²) in [6, 6.07) is 6.45. The third-order valence-electron chi connectivity index (χ3n) is 5.77. The van der Waals surface area contributed by atoms with Gasteiger partial charge in [-0.3, -0.25) is 9.69 Å². The number of benzene rings is 1. The number of piperazine rings is 1. The smallest absolute Gasteiger partial charge is 0.410 e. The normalized spacial score (nSPS) is 15.3. The van der Waals surface area contributed by atoms with Crippen LogP contribution in [0.1, 0.15) is 43.0 Å². The summed E-state index contributed by atoms with van der Waals surface area (Å²) in [6.45, 7) is 15.7. The summed E-state index contributed by atoms with van der Waals surface area (Å²) < 4.78 is 7.14. The van der Waals surface area contributed by atoms with Gasteiger partial charge in [0.1, 0.15) is 5.60 Å². The number of nitrogens with zero attached hydrogens (tertiary/aromatic N) is 3. The Bertz CT molecular complexity index is 999. The van der Waals surface area contributed by atoms with Crippen molar-refractivity contribution in [1.29, 1.82) is 0 Å². The molecule has 2 aromatic rings. The molecule has 1 aliphatic rings. The molecule has 31 heavy (non-hydrogen) atoms. The van der Waals surface area contributed by atoms with Gasteiger partial charge in [-0.25, -0.2) is 4.79 Å². The minimum atomic E-state index is -0.464. The highest BCUT2D eigenvalue weighted by Crippen LogP contribution is 2.27. The number of aromatic nitrogens is 1. The van der Waals surface area contributed by atoms with Crippen LogP contribution in [0.3, 0.4) is 0 Å². The Kier molecular flexibility index (Phi) is 6.60. The molecular weight excluding hydrogens is 390 g/mol. The van der Waals surface area contributed by atoms with E-state index in [-0.39, 0.29) is 11.7 Å². The zero-order chi connectivity index (χ0) is 22.9. The van der Waals surface area contributed by atoms with Crippen molar-refractivity contribution in [3.63, 3.8) is 0 Å². The monoisotopic (exact) mass is 425 g/mol. The van der Waals surface area contributed by atoms with Gasteiger partial charge in [0.05, 0.1) is 0 Å². The third-order valence-corrected chi connectivity index (χ3v) is 5.77. The Morgan fingerprint density at radius 2 is 1.61 bits per heavy atom. The topological polar surface area (TPSA) is 54.8 Å². The minimum Gasteiger partial charge on any atom is -0.444 e. The molecule has 1 aliphatic heterocycles. The van der Waals surface area contributed by atoms with E-state index in [4.69, 9.17) is 4.74 Å². The molecule has 0 bridgehead atoms. The molecule has 6 nitrogen and oxygen atoms in total. The van der Waals surface area contributed by atoms with E-state index in [1.165, 1.54) is 16.7 Å². The number of carbonyl (C=O) groups is 1. The number of aryl methyl sites for hydroxylation is 4. The van der Waals surface area contributed by atoms with Crippen LogP contribution in [0.25, 0.3) is 11.1 Å². The Morgan fingerprint density at radius 1 is 0.968 bits per heavy atom. The van der Waals surface area contributed by atoms with Crippen molar-refractivity contribution in [3.05, 3.63) is 57.0 Å². The lowest BCUT2D eigenvalue weighted by molar-refractivity contribution is 0.0139. The van der Waals surface area contributed by atoms with E-state index in [2.05, 4.69) is 30.9 Å². The fourth-order valence-electron chi connectivity index (χ4n) is 4.04. The van der Waals surface area contributed by atoms with Crippen molar-refractivity contribution in [2.24, 2.45) is 7.05 Å². The van der Waals surface area contributed by atoms with Gasteiger partial charge < -0.3 is 14.2 Å². The standard InChI is InChI=1S/C25H35N3O3/c1-17-14-22(21-13-19(3)23(29)26(7)15-21)18(2)12-20(17)16-27-8-10-28(11-9-27)24(30)31-25(4,5)6/h12-15H,8-11,16H2,1-7H3. The molecule has 1 fully saturated rings. The van der Waals surface area contributed by atoms with Crippen LogP contribution >= 0.6 is 0 Å². The molecule has 0 radical (unpaired) electrons. The molecule has 1 amide bonds. The molecule has 0 N–H and O–H groups in total. The lowest BCUT2D eigenvalue weighted by Crippen LogP contribution is -2.49. The van der Waals surface area contributed by atoms with E-state index in [0.717, 1.165) is 36.3 Å². The molecule has 6 heteroatoms. The van der Waals surface area contributed by atoms with E-state index in [0.29, 0.717) is 13.1 Å². The van der Waals surface area contributed by atoms with Crippen LogP contribution in [0.5, 0.6) is 0 Å². The van der Waals surface area contributed by atoms with Crippen LogP contribution in [0.4, 0.5) is 4.79 Å². The lowest BCUT2D eigenvalue weighted by atomic mass is 9.95. The van der Waals surface area contributed by atoms with E-state index >= 15 is 0 Å². The lowest BCUT2D eigenvalue weighted by Gasteiger charge is -2.35. The van der Waals surface area contributed by atoms with E-state index in [9.17, 15) is 9.59 Å². The first-order chi connectivity index (χ1) is 14.4. The fraction of sp³-hybridized carbons (Fsp3) is 0.520. The molecule has 0 unspecified atom stereocenters. The van der Waals surface area contributed by atoms with Crippen molar-refractivity contribution < 1.29 is 9.53 Å². The summed E-state index contributed by atoms with van der Waals surface area (Å²) in [5.74, 6) is 0. The Labute approximate surface area is 185 Å². The molecular formula is C25H35N3O3. The van der Waals surface area contributed by atoms with Crippen LogP contribution in [-0.2, 0) is 18.3 Å². The van der Waals surface area contributed by atoms with Crippen molar-refractivity contribution in [2.75, 3.05) is 26.2 Å². The van der Waals surface area contributed by atoms with Gasteiger partial charge in [-0.1, -0.05) is 12.1 Å². The highest BCUT2D eigenvalue weighted by atomic mass is 16.6. The zero-order valence-electron chi connectivity index (χ0n) is 19.9. The van der Waals surface area contributed by atoms with Gasteiger partial charge in [0, 0.05) is 51.5 Å². The zero-order valence-corrected chi connectivity index (χ0v) is 19.9. The maximum absolute atomic E-state index is 12.3. The van der Waals surface area contributed by atoms with Gasteiger partial charge in [-0.2, -0.15) is 0 Å². The molecule has 168 valence electrons. The molecule has 0 atom stereocenters. The third kappa shape index (κ3) is 5.56. The number of rotatable bonds is 3. The summed E-state index contributed by atoms with van der Waals surface area (Å²) in [5, 5.41) is 0. The van der Waals surface area contributed by atoms with Gasteiger partial charge in [0.2, 0.25) is 0 Å². The summed E-state index contributed by atoms with van der Waals surface area (Å²) in [4.78, 5) is 28.5. The summed E-state index contributed by atoms with van der Waals surface area (Å²) in [7, 11) is 1.80. The second kappa shape index (κ2) is 8.87. The van der Waals surface area contributed by atoms with Crippen molar-refractivity contribution in [3.8, 4) is 11.1 Å². The van der Waals surface area contributed by atoms with Gasteiger partial charge >= 0.3 is 6.09 Å². The molecule has 1 aromatic carbocycles. The first-order valence-corrected chi connectivity index (χ1v) is 10.9. The predicted octanol–water partition coefficient (Wildman–Crippen LogP) is 4.03. The average molecular weight is 426 g/mol. The van der Waals surface area contributed by atoms with Crippen molar-refractivity contribution >= 4 is 6.09 Å². The van der Waals surface area contributed by atoms with Gasteiger partial charge in [-0.05, 0) is 75.4 Å². The van der Waals surface area contributed by atoms with Crippen LogP contribution in [0.2, 0.25) is 0 Å². The highest BCUT2D eigenvalue weighted by Gasteiger charge is 2.26. The van der Waals surface area contributed by atoms with Gasteiger partial charge in [0.15, 0.2) is 0 Å². The molecule has 3 rings (SSSR count). The summed E-state index contributed by atoms with van der Waals surface area (Å²) in [5.41, 5.74) is 6.30. The van der Waals surface area contributed by atoms with Crippen LogP contribution < -0.4 is 5.56 Å². The van der Waals surface area contributed by atoms with Crippen molar-refractivity contribution in [2.45, 2.75) is 53.7 Å². The average Bonchev–Trinajstić information content (AvgIpc) is 2.67. The Morgan fingerprint density at radius 3 is 2.19 bits per heavy atom. The number of ether oxygens (including phenoxy) is 1. The maximum atomic E-state index is 12.3. The van der Waals surface area contributed by atoms with Crippen LogP contribution in [0.15, 0.2) is 29.2 Å². The largest absolute Gasteiger partial charge is 0.444 e. The Balaban J connectivity index is 1.70. The van der Waals surface area contributed by atoms with Gasteiger partial charge in [-0.15, -0.1) is 0 Å². The first kappa shape index (κ1) is 23.1. The number of pyridine rings is 1. The second-order valence-electron chi connectivity index (χ2n) is 9.67. The van der Waals surface area contributed by atoms with E-state index < -0.39 is 5.60 Å². The number of carbonyl (C=O) groups excluding carboxylic acids is 1. The molecule has 0 aliphatic carbocycles. The quantitative estimate of drug-likeness (QED) is 0.745. The second-order valence-corrected chi connectivity index (χ2v) is 9.67.